The van der Waals surface area contributed by atoms with Crippen LogP contribution < -0.4 is 11.3 Å². The van der Waals surface area contributed by atoms with Crippen molar-refractivity contribution in [1.82, 2.24) is 5.43 Å². The van der Waals surface area contributed by atoms with E-state index in [9.17, 15) is 0 Å². The van der Waals surface area contributed by atoms with Crippen molar-refractivity contribution in [3.05, 3.63) is 0 Å². The molecule has 1 aliphatic heterocycles. The highest BCUT2D eigenvalue weighted by Crippen LogP contribution is 2.25. The third-order valence-electron chi connectivity index (χ3n) is 3.32. The SMILES string of the molecule is CCCC(C)C(NN)C1CCOCC1. The molecular weight excluding hydrogens is 176 g/mol. The second kappa shape index (κ2) is 6.38. The first-order valence-corrected chi connectivity index (χ1v) is 5.83. The Labute approximate surface area is 87.4 Å². The fourth-order valence-corrected chi connectivity index (χ4v) is 2.47. The van der Waals surface area contributed by atoms with Gasteiger partial charge in [0.25, 0.3) is 0 Å². The van der Waals surface area contributed by atoms with Crippen molar-refractivity contribution in [3.63, 3.8) is 0 Å². The van der Waals surface area contributed by atoms with Gasteiger partial charge >= 0.3 is 0 Å². The molecule has 0 amide bonds. The van der Waals surface area contributed by atoms with Crippen molar-refractivity contribution in [1.29, 1.82) is 0 Å². The van der Waals surface area contributed by atoms with Crippen LogP contribution in [0.3, 0.4) is 0 Å². The molecule has 2 unspecified atom stereocenters. The minimum absolute atomic E-state index is 0.471. The van der Waals surface area contributed by atoms with Crippen molar-refractivity contribution in [3.8, 4) is 0 Å². The number of hydrazine groups is 1. The van der Waals surface area contributed by atoms with Crippen molar-refractivity contribution < 1.29 is 4.74 Å². The Morgan fingerprint density at radius 2 is 2.07 bits per heavy atom. The molecule has 84 valence electrons. The van der Waals surface area contributed by atoms with Crippen LogP contribution in [0.5, 0.6) is 0 Å². The van der Waals surface area contributed by atoms with E-state index >= 15 is 0 Å². The summed E-state index contributed by atoms with van der Waals surface area (Å²) in [5.41, 5.74) is 3.00. The molecular formula is C11H24N2O. The summed E-state index contributed by atoms with van der Waals surface area (Å²) in [6.07, 6.45) is 4.81. The zero-order chi connectivity index (χ0) is 10.4. The van der Waals surface area contributed by atoms with Gasteiger partial charge in [0.05, 0.1) is 0 Å². The monoisotopic (exact) mass is 200 g/mol. The van der Waals surface area contributed by atoms with Gasteiger partial charge in [0.15, 0.2) is 0 Å². The summed E-state index contributed by atoms with van der Waals surface area (Å²) in [5, 5.41) is 0. The van der Waals surface area contributed by atoms with Crippen LogP contribution in [0.1, 0.15) is 39.5 Å². The molecule has 3 heteroatoms. The Morgan fingerprint density at radius 3 is 2.57 bits per heavy atom. The molecule has 0 aromatic carbocycles. The normalized spacial score (nSPS) is 23.4. The first kappa shape index (κ1) is 12.0. The van der Waals surface area contributed by atoms with E-state index in [2.05, 4.69) is 19.3 Å². The molecule has 2 atom stereocenters. The zero-order valence-electron chi connectivity index (χ0n) is 9.46. The van der Waals surface area contributed by atoms with E-state index in [1.54, 1.807) is 0 Å². The van der Waals surface area contributed by atoms with E-state index in [0.29, 0.717) is 17.9 Å². The van der Waals surface area contributed by atoms with Crippen molar-refractivity contribution in [2.24, 2.45) is 17.7 Å². The van der Waals surface area contributed by atoms with Gasteiger partial charge in [0, 0.05) is 19.3 Å². The summed E-state index contributed by atoms with van der Waals surface area (Å²) >= 11 is 0. The van der Waals surface area contributed by atoms with Crippen LogP contribution in [-0.4, -0.2) is 19.3 Å². The van der Waals surface area contributed by atoms with Gasteiger partial charge in [-0.25, -0.2) is 0 Å². The molecule has 0 aliphatic carbocycles. The van der Waals surface area contributed by atoms with Crippen molar-refractivity contribution in [2.45, 2.75) is 45.6 Å². The second-order valence-corrected chi connectivity index (χ2v) is 4.41. The van der Waals surface area contributed by atoms with Crippen LogP contribution >= 0.6 is 0 Å². The van der Waals surface area contributed by atoms with Crippen LogP contribution in [0, 0.1) is 11.8 Å². The molecule has 14 heavy (non-hydrogen) atoms. The molecule has 1 saturated heterocycles. The molecule has 3 nitrogen and oxygen atoms in total. The van der Waals surface area contributed by atoms with E-state index in [0.717, 1.165) is 26.1 Å². The summed E-state index contributed by atoms with van der Waals surface area (Å²) in [6.45, 7) is 6.33. The Morgan fingerprint density at radius 1 is 1.43 bits per heavy atom. The predicted octanol–water partition coefficient (Wildman–Crippen LogP) is 1.68. The minimum atomic E-state index is 0.471. The quantitative estimate of drug-likeness (QED) is 0.524. The molecule has 1 fully saturated rings. The maximum atomic E-state index is 5.64. The predicted molar refractivity (Wildman–Crippen MR) is 58.7 cm³/mol. The standard InChI is InChI=1S/C11H24N2O/c1-3-4-9(2)11(13-12)10-5-7-14-8-6-10/h9-11,13H,3-8,12H2,1-2H3. The Hall–Kier alpha value is -0.120. The lowest BCUT2D eigenvalue weighted by atomic mass is 9.83. The average Bonchev–Trinajstić information content (AvgIpc) is 2.21. The van der Waals surface area contributed by atoms with Crippen LogP contribution in [0.15, 0.2) is 0 Å². The maximum absolute atomic E-state index is 5.64. The van der Waals surface area contributed by atoms with Gasteiger partial charge in [-0.05, 0) is 31.1 Å². The van der Waals surface area contributed by atoms with Gasteiger partial charge in [0.1, 0.15) is 0 Å². The van der Waals surface area contributed by atoms with E-state index < -0.39 is 0 Å². The van der Waals surface area contributed by atoms with Gasteiger partial charge in [-0.3, -0.25) is 11.3 Å². The molecule has 0 aromatic rings. The molecule has 1 aliphatic rings. The van der Waals surface area contributed by atoms with E-state index in [4.69, 9.17) is 10.6 Å². The molecule has 0 radical (unpaired) electrons. The number of nitrogens with one attached hydrogen (secondary N) is 1. The van der Waals surface area contributed by atoms with Gasteiger partial charge in [0.2, 0.25) is 0 Å². The summed E-state index contributed by atoms with van der Waals surface area (Å²) in [6, 6.07) is 0.471. The lowest BCUT2D eigenvalue weighted by Gasteiger charge is -2.33. The minimum Gasteiger partial charge on any atom is -0.381 e. The Bertz CT molecular complexity index is 146. The van der Waals surface area contributed by atoms with Gasteiger partial charge < -0.3 is 4.74 Å². The highest BCUT2D eigenvalue weighted by atomic mass is 16.5. The number of hydrogen-bond donors (Lipinski definition) is 2. The largest absolute Gasteiger partial charge is 0.381 e. The lowest BCUT2D eigenvalue weighted by molar-refractivity contribution is 0.0450. The highest BCUT2D eigenvalue weighted by Gasteiger charge is 2.26. The van der Waals surface area contributed by atoms with E-state index in [-0.39, 0.29) is 0 Å². The second-order valence-electron chi connectivity index (χ2n) is 4.41. The molecule has 0 saturated carbocycles. The summed E-state index contributed by atoms with van der Waals surface area (Å²) in [4.78, 5) is 0. The molecule has 0 aromatic heterocycles. The van der Waals surface area contributed by atoms with Crippen LogP contribution in [0.4, 0.5) is 0 Å². The Balaban J connectivity index is 2.41. The first-order chi connectivity index (χ1) is 6.79. The average molecular weight is 200 g/mol. The van der Waals surface area contributed by atoms with Crippen molar-refractivity contribution >= 4 is 0 Å². The third-order valence-corrected chi connectivity index (χ3v) is 3.32. The molecule has 3 N–H and O–H groups in total. The van der Waals surface area contributed by atoms with Crippen LogP contribution in [0.2, 0.25) is 0 Å². The smallest absolute Gasteiger partial charge is 0.0469 e. The number of ether oxygens (including phenoxy) is 1. The number of rotatable bonds is 5. The zero-order valence-corrected chi connectivity index (χ0v) is 9.46. The fraction of sp³-hybridized carbons (Fsp3) is 1.00. The molecule has 1 rings (SSSR count). The summed E-state index contributed by atoms with van der Waals surface area (Å²) in [5.74, 6) is 7.02. The Kier molecular flexibility index (Phi) is 5.45. The van der Waals surface area contributed by atoms with Gasteiger partial charge in [-0.15, -0.1) is 0 Å². The summed E-state index contributed by atoms with van der Waals surface area (Å²) < 4.78 is 5.37. The van der Waals surface area contributed by atoms with Gasteiger partial charge in [-0.2, -0.15) is 0 Å². The summed E-state index contributed by atoms with van der Waals surface area (Å²) in [7, 11) is 0. The van der Waals surface area contributed by atoms with Crippen molar-refractivity contribution in [2.75, 3.05) is 13.2 Å². The molecule has 0 bridgehead atoms. The highest BCUT2D eigenvalue weighted by molar-refractivity contribution is 4.80. The lowest BCUT2D eigenvalue weighted by Crippen LogP contribution is -2.46. The van der Waals surface area contributed by atoms with Crippen LogP contribution in [-0.2, 0) is 4.74 Å². The van der Waals surface area contributed by atoms with E-state index in [1.807, 2.05) is 0 Å². The molecule has 0 spiro atoms. The number of hydrogen-bond acceptors (Lipinski definition) is 3. The topological polar surface area (TPSA) is 47.3 Å². The van der Waals surface area contributed by atoms with E-state index in [1.165, 1.54) is 12.8 Å². The molecule has 1 heterocycles. The number of nitrogens with two attached hydrogens (primary N) is 1. The van der Waals surface area contributed by atoms with Crippen LogP contribution in [0.25, 0.3) is 0 Å². The first-order valence-electron chi connectivity index (χ1n) is 5.83. The van der Waals surface area contributed by atoms with Gasteiger partial charge in [-0.1, -0.05) is 20.3 Å². The fourth-order valence-electron chi connectivity index (χ4n) is 2.47. The maximum Gasteiger partial charge on any atom is 0.0469 e. The third kappa shape index (κ3) is 3.23.